The number of phenols is 4. The molecule has 0 bridgehead atoms. The number of aliphatic hydroxyl groups excluding tert-OH is 5. The maximum atomic E-state index is 14.1. The highest BCUT2D eigenvalue weighted by molar-refractivity contribution is 6.32. The Bertz CT molecular complexity index is 4220. The molecule has 1 aromatic heterocycles. The van der Waals surface area contributed by atoms with E-state index < -0.39 is 226 Å². The first kappa shape index (κ1) is 75.9. The van der Waals surface area contributed by atoms with Gasteiger partial charge in [0, 0.05) is 84.0 Å². The molecule has 550 valence electrons. The summed E-state index contributed by atoms with van der Waals surface area (Å²) in [4.78, 5) is 106. The van der Waals surface area contributed by atoms with Gasteiger partial charge in [-0.1, -0.05) is 44.0 Å². The van der Waals surface area contributed by atoms with Gasteiger partial charge >= 0.3 is 11.8 Å². The average molecular weight is 1430 g/mol. The molecule has 102 heavy (non-hydrogen) atoms. The molecule has 4 aromatic carbocycles. The summed E-state index contributed by atoms with van der Waals surface area (Å²) >= 11 is 0. The number of aliphatic hydroxyl groups is 7. The number of rotatable bonds is 15. The number of aromatic hydroxyl groups is 4. The number of methoxy groups -OCH3 is 2. The number of benzene rings is 4. The van der Waals surface area contributed by atoms with Crippen molar-refractivity contribution in [2.75, 3.05) is 32.8 Å². The first-order valence-corrected chi connectivity index (χ1v) is 32.7. The minimum atomic E-state index is -2.24. The number of aromatic nitrogens is 2. The number of fused-ring (bicyclic) bond motifs is 6. The second-order valence-electron chi connectivity index (χ2n) is 26.1. The van der Waals surface area contributed by atoms with Crippen LogP contribution in [0.3, 0.4) is 0 Å². The van der Waals surface area contributed by atoms with Crippen LogP contribution in [-0.2, 0) is 50.9 Å². The maximum Gasteiger partial charge on any atom is 0.412 e. The number of hydrogen-bond donors (Lipinski definition) is 14. The van der Waals surface area contributed by atoms with E-state index in [4.69, 9.17) is 49.4 Å². The number of Topliss-reactive ketones (excluding diaryl/α,β-unsaturated/α-hetero) is 2. The molecule has 16 atom stereocenters. The number of hydrogen-bond acceptors (Lipinski definition) is 30. The molecule has 5 aromatic rings. The van der Waals surface area contributed by atoms with Crippen molar-refractivity contribution in [2.24, 2.45) is 11.5 Å². The summed E-state index contributed by atoms with van der Waals surface area (Å²) < 4.78 is 59.0. The zero-order valence-corrected chi connectivity index (χ0v) is 56.3. The van der Waals surface area contributed by atoms with Crippen molar-refractivity contribution in [1.29, 1.82) is 0 Å². The summed E-state index contributed by atoms with van der Waals surface area (Å²) in [7, 11) is 2.66. The first-order valence-electron chi connectivity index (χ1n) is 32.7. The van der Waals surface area contributed by atoms with Crippen molar-refractivity contribution in [3.8, 4) is 34.5 Å². The van der Waals surface area contributed by atoms with Crippen LogP contribution in [0.5, 0.6) is 34.5 Å². The largest absolute Gasteiger partial charge is 0.507 e. The standard InChI is InChI=1S/C27H29NO11.C27H29NO10.C15H22FN3O6/c1-10-22(31)13(28)6-17(38-10)39-15-8-27(36,16(30)9-29)7-12-19(15)26(35)21-20(24(12)33)23(32)11-4-3-5-14(37-2)18(11)25(21)34;1-10-22(30)14(28)7-17(37-10)38-16-9-27(35,11(2)29)8-13-19(16)26(34)21-20(24(13)32)23(31)12-5-4-6-15(36-3)18(12)25(21)33;1-3-4-5-6-24-15(23)18-12-9(16)7-19(14(22)17-12)13-11(21)10(20)8(2)25-13/h3-5,10,13,15,17,22,29,31,33,35-36H,6-9,28H2,1-2H3;4-6,10,14,16-17,22,30,32,34-35H,7-9,28H2,1-3H3;7-8,10-11,13,20-21H,3-6H2,1-2H3,(H,17,18,22,23)/t10-,13-,15-,17-,22-,27-;10-,14-,16-,17-,22+,27-;8-,10-,11-,13-/m001/s1. The highest BCUT2D eigenvalue weighted by atomic mass is 19.1. The van der Waals surface area contributed by atoms with Crippen LogP contribution in [0, 0.1) is 5.82 Å². The van der Waals surface area contributed by atoms with Crippen molar-refractivity contribution in [2.45, 2.75) is 189 Å². The molecule has 33 heteroatoms. The van der Waals surface area contributed by atoms with Crippen molar-refractivity contribution in [1.82, 2.24) is 9.55 Å². The summed E-state index contributed by atoms with van der Waals surface area (Å²) in [6.45, 7) is 7.03. The van der Waals surface area contributed by atoms with Crippen LogP contribution in [0.2, 0.25) is 0 Å². The molecule has 4 aliphatic carbocycles. The molecule has 0 radical (unpaired) electrons. The fourth-order valence-corrected chi connectivity index (χ4v) is 13.8. The Labute approximate surface area is 580 Å². The Hall–Kier alpha value is -8.78. The SMILES string of the molecule is CCCCCOC(=O)Nc1nc(=O)n([C@@H]2O[C@H](C)[C@@H](O)[C@H]2O)cc1F.COc1cccc2c1C(=O)c1c(O)c3c(c(O)c1C2=O)C[C@@](O)(C(=O)CO)C[C@@H]3O[C@H]1C[C@H](N)[C@@H](O)[C@H](C)O1.COc1cccc2c1C(=O)c1c(O)c3c(c(O)c1C2=O)C[C@@](O)(C(C)=O)C[C@@H]3O[C@H]1C[C@H](N)[C@H](O)[C@H](C)O1. The van der Waals surface area contributed by atoms with Crippen molar-refractivity contribution in [3.63, 3.8) is 0 Å². The molecule has 3 saturated heterocycles. The van der Waals surface area contributed by atoms with Gasteiger partial charge in [0.15, 0.2) is 53.6 Å². The number of ether oxygens (including phenoxy) is 8. The van der Waals surface area contributed by atoms with Gasteiger partial charge in [0.25, 0.3) is 0 Å². The molecule has 0 unspecified atom stereocenters. The van der Waals surface area contributed by atoms with Crippen LogP contribution < -0.4 is 31.9 Å². The van der Waals surface area contributed by atoms with Crippen LogP contribution in [0.1, 0.15) is 184 Å². The number of nitrogens with two attached hydrogens (primary N) is 2. The number of amides is 1. The Morgan fingerprint density at radius 2 is 1.10 bits per heavy atom. The van der Waals surface area contributed by atoms with E-state index in [1.54, 1.807) is 13.8 Å². The Kier molecular flexibility index (Phi) is 22.2. The van der Waals surface area contributed by atoms with Crippen LogP contribution in [0.4, 0.5) is 15.0 Å². The van der Waals surface area contributed by atoms with E-state index in [-0.39, 0.29) is 81.9 Å². The normalized spacial score (nSPS) is 29.0. The van der Waals surface area contributed by atoms with E-state index in [0.29, 0.717) is 6.42 Å². The number of anilines is 1. The Morgan fingerprint density at radius 3 is 1.52 bits per heavy atom. The zero-order chi connectivity index (χ0) is 74.6. The van der Waals surface area contributed by atoms with Gasteiger partial charge in [-0.05, 0) is 46.2 Å². The molecule has 16 N–H and O–H groups in total. The lowest BCUT2D eigenvalue weighted by Crippen LogP contribution is -2.53. The molecule has 0 saturated carbocycles. The van der Waals surface area contributed by atoms with Gasteiger partial charge in [-0.15, -0.1) is 0 Å². The number of ketones is 6. The molecule has 32 nitrogen and oxygen atoms in total. The molecule has 3 aliphatic heterocycles. The van der Waals surface area contributed by atoms with Crippen LogP contribution >= 0.6 is 0 Å². The quantitative estimate of drug-likeness (QED) is 0.0514. The lowest BCUT2D eigenvalue weighted by atomic mass is 9.72. The molecular weight excluding hydrogens is 1350 g/mol. The number of nitrogens with zero attached hydrogens (tertiary/aromatic N) is 2. The predicted molar refractivity (Wildman–Crippen MR) is 347 cm³/mol. The third kappa shape index (κ3) is 13.9. The minimum absolute atomic E-state index is 0.0147. The highest BCUT2D eigenvalue weighted by Gasteiger charge is 2.53. The van der Waals surface area contributed by atoms with E-state index in [9.17, 15) is 98.9 Å². The monoisotopic (exact) mass is 1430 g/mol. The van der Waals surface area contributed by atoms with Crippen molar-refractivity contribution >= 4 is 46.6 Å². The fraction of sp³-hybridized carbons (Fsp3) is 0.493. The number of phenolic OH excluding ortho intramolecular Hbond substituents is 4. The summed E-state index contributed by atoms with van der Waals surface area (Å²) in [5.74, 6) is -8.54. The number of carbonyl (C=O) groups excluding carboxylic acids is 7. The second kappa shape index (κ2) is 29.9. The van der Waals surface area contributed by atoms with Crippen LogP contribution in [0.25, 0.3) is 0 Å². The predicted octanol–water partition coefficient (Wildman–Crippen LogP) is 1.79. The van der Waals surface area contributed by atoms with Gasteiger partial charge in [0.05, 0.1) is 103 Å². The van der Waals surface area contributed by atoms with Gasteiger partial charge in [-0.25, -0.2) is 14.0 Å². The Balaban J connectivity index is 0.000000169. The molecule has 0 spiro atoms. The number of carbonyl (C=O) groups is 7. The number of halogens is 1. The lowest BCUT2D eigenvalue weighted by Gasteiger charge is -2.42. The molecule has 4 heterocycles. The third-order valence-corrected chi connectivity index (χ3v) is 19.5. The van der Waals surface area contributed by atoms with E-state index in [0.717, 1.165) is 23.6 Å². The van der Waals surface area contributed by atoms with Gasteiger partial charge in [-0.3, -0.25) is 38.7 Å². The van der Waals surface area contributed by atoms with Crippen LogP contribution in [0.15, 0.2) is 47.4 Å². The van der Waals surface area contributed by atoms with Gasteiger partial charge in [0.2, 0.25) is 11.6 Å². The van der Waals surface area contributed by atoms with E-state index in [2.05, 4.69) is 10.3 Å². The molecule has 1 amide bonds. The third-order valence-electron chi connectivity index (χ3n) is 19.5. The average Bonchev–Trinajstić information content (AvgIpc) is 0.809. The summed E-state index contributed by atoms with van der Waals surface area (Å²) in [6.07, 6.45) is -11.9. The molecule has 7 aliphatic rings. The highest BCUT2D eigenvalue weighted by Crippen LogP contribution is 2.55. The van der Waals surface area contributed by atoms with Crippen molar-refractivity contribution in [3.05, 3.63) is 126 Å². The fourth-order valence-electron chi connectivity index (χ4n) is 13.8. The second-order valence-corrected chi connectivity index (χ2v) is 26.1. The molecule has 12 rings (SSSR count). The zero-order valence-electron chi connectivity index (χ0n) is 56.3. The Morgan fingerprint density at radius 1 is 0.647 bits per heavy atom. The minimum Gasteiger partial charge on any atom is -0.507 e. The van der Waals surface area contributed by atoms with E-state index in [1.165, 1.54) is 64.5 Å². The van der Waals surface area contributed by atoms with Crippen molar-refractivity contribution < 1.29 is 132 Å². The molecule has 3 fully saturated rings. The van der Waals surface area contributed by atoms with Gasteiger partial charge in [-0.2, -0.15) is 4.98 Å². The van der Waals surface area contributed by atoms with Crippen LogP contribution in [-0.4, -0.2) is 213 Å². The molecular formula is C69H80FN5O27. The lowest BCUT2D eigenvalue weighted by molar-refractivity contribution is -0.247. The smallest absolute Gasteiger partial charge is 0.412 e. The number of unbranched alkanes of at least 4 members (excludes halogenated alkanes) is 2. The number of nitrogens with one attached hydrogen (secondary N) is 1. The first-order chi connectivity index (χ1) is 48.2. The topological polar surface area (TPSA) is 515 Å². The van der Waals surface area contributed by atoms with Gasteiger partial charge in [0.1, 0.15) is 64.5 Å². The van der Waals surface area contributed by atoms with Gasteiger partial charge < -0.3 is 106 Å². The van der Waals surface area contributed by atoms with E-state index in [1.807, 2.05) is 6.92 Å². The maximum absolute atomic E-state index is 14.1. The van der Waals surface area contributed by atoms with E-state index >= 15 is 0 Å². The summed E-state index contributed by atoms with van der Waals surface area (Å²) in [5, 5.41) is 119. The summed E-state index contributed by atoms with van der Waals surface area (Å²) in [5.41, 5.74) is 4.40. The summed E-state index contributed by atoms with van der Waals surface area (Å²) in [6, 6.07) is 7.38.